The topological polar surface area (TPSA) is 104 Å². The summed E-state index contributed by atoms with van der Waals surface area (Å²) in [5.41, 5.74) is 9.57. The third-order valence-corrected chi connectivity index (χ3v) is 11.0. The fourth-order valence-corrected chi connectivity index (χ4v) is 9.03. The quantitative estimate of drug-likeness (QED) is 0.269. The molecule has 0 amide bonds. The summed E-state index contributed by atoms with van der Waals surface area (Å²) in [4.78, 5) is 4.40. The van der Waals surface area contributed by atoms with Gasteiger partial charge in [-0.1, -0.05) is 13.8 Å². The number of nitrogens with zero attached hydrogens (tertiary/aromatic N) is 2. The molecule has 0 unspecified atom stereocenters. The molecule has 0 aromatic heterocycles. The van der Waals surface area contributed by atoms with Crippen molar-refractivity contribution in [1.82, 2.24) is 10.7 Å². The van der Waals surface area contributed by atoms with E-state index in [0.717, 1.165) is 75.8 Å². The minimum Gasteiger partial charge on any atom is -0.389 e. The number of ether oxygens (including phenoxy) is 1. The number of guanidine groups is 1. The lowest BCUT2D eigenvalue weighted by Gasteiger charge is -2.63. The van der Waals surface area contributed by atoms with E-state index < -0.39 is 5.60 Å². The van der Waals surface area contributed by atoms with Crippen LogP contribution in [-0.4, -0.2) is 54.7 Å². The zero-order chi connectivity index (χ0) is 24.0. The number of nitrogens with two attached hydrogens (primary N) is 1. The average molecular weight is 474 g/mol. The molecule has 1 heterocycles. The summed E-state index contributed by atoms with van der Waals surface area (Å²) in [7, 11) is 0. The third-order valence-electron chi connectivity index (χ3n) is 11.0. The molecule has 4 aliphatic carbocycles. The summed E-state index contributed by atoms with van der Waals surface area (Å²) in [5.74, 6) is 2.86. The van der Waals surface area contributed by atoms with Gasteiger partial charge in [-0.3, -0.25) is 0 Å². The second-order valence-corrected chi connectivity index (χ2v) is 12.4. The van der Waals surface area contributed by atoms with Gasteiger partial charge in [0.15, 0.2) is 0 Å². The Labute approximate surface area is 205 Å². The van der Waals surface area contributed by atoms with Gasteiger partial charge in [-0.05, 0) is 101 Å². The maximum absolute atomic E-state index is 12.4. The molecular formula is C27H47N5O2. The van der Waals surface area contributed by atoms with E-state index in [0.29, 0.717) is 35.8 Å². The molecule has 5 aliphatic rings. The molecule has 5 rings (SSSR count). The Hall–Kier alpha value is -1.18. The predicted octanol–water partition coefficient (Wildman–Crippen LogP) is 3.42. The molecule has 1 aliphatic heterocycles. The van der Waals surface area contributed by atoms with Crippen molar-refractivity contribution < 1.29 is 9.84 Å². The summed E-state index contributed by atoms with van der Waals surface area (Å²) < 4.78 is 6.20. The standard InChI is InChI=1S/C27H47N5O2/c1-18(31-32-24-29-14-15-30-24)21-9-12-27(33)23-6-5-19-17-20(34-16-4-13-28)7-10-25(19,2)22(23)8-11-26(21,27)3/h19-23,33H,4-17,28H2,1-3H3,(H2,29,30,32)/b31-18+/t19-,20+,21-,22+,23-,25+,26-,27+/m1/s1. The Morgan fingerprint density at radius 2 is 2.03 bits per heavy atom. The molecule has 0 saturated heterocycles. The first-order chi connectivity index (χ1) is 16.3. The second-order valence-electron chi connectivity index (χ2n) is 12.4. The van der Waals surface area contributed by atoms with E-state index in [1.807, 2.05) is 0 Å². The maximum atomic E-state index is 12.4. The van der Waals surface area contributed by atoms with Gasteiger partial charge >= 0.3 is 0 Å². The van der Waals surface area contributed by atoms with Crippen LogP contribution in [0, 0.1) is 34.5 Å². The van der Waals surface area contributed by atoms with Gasteiger partial charge in [0.2, 0.25) is 5.96 Å². The number of aliphatic imine (C=N–C) groups is 1. The van der Waals surface area contributed by atoms with Crippen molar-refractivity contribution in [3.05, 3.63) is 0 Å². The van der Waals surface area contributed by atoms with Crippen molar-refractivity contribution in [3.63, 3.8) is 0 Å². The highest BCUT2D eigenvalue weighted by molar-refractivity contribution is 5.88. The summed E-state index contributed by atoms with van der Waals surface area (Å²) >= 11 is 0. The van der Waals surface area contributed by atoms with Gasteiger partial charge in [-0.2, -0.15) is 5.10 Å². The van der Waals surface area contributed by atoms with Gasteiger partial charge in [0.25, 0.3) is 0 Å². The molecule has 5 N–H and O–H groups in total. The van der Waals surface area contributed by atoms with Crippen LogP contribution >= 0.6 is 0 Å². The third kappa shape index (κ3) is 3.90. The lowest BCUT2D eigenvalue weighted by atomic mass is 9.43. The van der Waals surface area contributed by atoms with E-state index in [-0.39, 0.29) is 5.41 Å². The first-order valence-electron chi connectivity index (χ1n) is 13.9. The molecule has 192 valence electrons. The Morgan fingerprint density at radius 1 is 1.18 bits per heavy atom. The molecular weight excluding hydrogens is 426 g/mol. The number of hydrogen-bond acceptors (Lipinski definition) is 7. The number of nitrogens with one attached hydrogen (secondary N) is 2. The lowest BCUT2D eigenvalue weighted by Crippen LogP contribution is -2.62. The van der Waals surface area contributed by atoms with Crippen molar-refractivity contribution in [2.75, 3.05) is 26.2 Å². The molecule has 0 aromatic carbocycles. The van der Waals surface area contributed by atoms with E-state index in [9.17, 15) is 5.11 Å². The average Bonchev–Trinajstić information content (AvgIpc) is 3.43. The Balaban J connectivity index is 1.30. The zero-order valence-corrected chi connectivity index (χ0v) is 21.6. The molecule has 7 heteroatoms. The number of fused-ring (bicyclic) bond motifs is 5. The molecule has 8 atom stereocenters. The number of hydrazone groups is 1. The first-order valence-corrected chi connectivity index (χ1v) is 13.9. The molecule has 0 bridgehead atoms. The van der Waals surface area contributed by atoms with E-state index in [2.05, 4.69) is 36.5 Å². The van der Waals surface area contributed by atoms with Gasteiger partial charge in [0, 0.05) is 30.2 Å². The second kappa shape index (κ2) is 9.36. The van der Waals surface area contributed by atoms with Crippen molar-refractivity contribution in [2.24, 2.45) is 50.3 Å². The zero-order valence-electron chi connectivity index (χ0n) is 21.6. The summed E-state index contributed by atoms with van der Waals surface area (Å²) in [6, 6.07) is 0. The molecule has 4 fully saturated rings. The molecule has 34 heavy (non-hydrogen) atoms. The summed E-state index contributed by atoms with van der Waals surface area (Å²) in [6.07, 6.45) is 11.6. The first kappa shape index (κ1) is 24.5. The van der Waals surface area contributed by atoms with Crippen LogP contribution in [0.4, 0.5) is 0 Å². The van der Waals surface area contributed by atoms with Crippen LogP contribution in [-0.2, 0) is 4.74 Å². The number of hydrogen-bond donors (Lipinski definition) is 4. The smallest absolute Gasteiger partial charge is 0.212 e. The number of aliphatic hydroxyl groups is 1. The molecule has 7 nitrogen and oxygen atoms in total. The van der Waals surface area contributed by atoms with Crippen LogP contribution in [0.3, 0.4) is 0 Å². The van der Waals surface area contributed by atoms with Crippen molar-refractivity contribution in [2.45, 2.75) is 96.7 Å². The SMILES string of the molecule is C/C(=N\NC1=NCCN1)[C@H]1CC[C@]2(O)[C@@H]3CC[C@@H]4C[C@@H](OCCCN)CC[C@]4(C)[C@H]3CC[C@]12C. The van der Waals surface area contributed by atoms with Crippen molar-refractivity contribution >= 4 is 11.7 Å². The minimum absolute atomic E-state index is 0.0971. The predicted molar refractivity (Wildman–Crippen MR) is 137 cm³/mol. The minimum atomic E-state index is -0.580. The van der Waals surface area contributed by atoms with E-state index in [1.54, 1.807) is 0 Å². The van der Waals surface area contributed by atoms with Crippen LogP contribution in [0.15, 0.2) is 10.1 Å². The monoisotopic (exact) mass is 473 g/mol. The largest absolute Gasteiger partial charge is 0.389 e. The van der Waals surface area contributed by atoms with Crippen LogP contribution in [0.5, 0.6) is 0 Å². The summed E-state index contributed by atoms with van der Waals surface area (Å²) in [6.45, 7) is 10.2. The maximum Gasteiger partial charge on any atom is 0.212 e. The molecule has 0 aromatic rings. The highest BCUT2D eigenvalue weighted by atomic mass is 16.5. The van der Waals surface area contributed by atoms with Gasteiger partial charge in [-0.15, -0.1) is 0 Å². The van der Waals surface area contributed by atoms with Gasteiger partial charge in [0.05, 0.1) is 18.2 Å². The summed E-state index contributed by atoms with van der Waals surface area (Å²) in [5, 5.41) is 20.4. The van der Waals surface area contributed by atoms with Crippen molar-refractivity contribution in [3.8, 4) is 0 Å². The van der Waals surface area contributed by atoms with Crippen LogP contribution in [0.2, 0.25) is 0 Å². The number of rotatable bonds is 6. The normalized spacial score (nSPS) is 46.2. The highest BCUT2D eigenvalue weighted by Crippen LogP contribution is 2.69. The van der Waals surface area contributed by atoms with E-state index in [1.165, 1.54) is 25.7 Å². The van der Waals surface area contributed by atoms with Crippen molar-refractivity contribution in [1.29, 1.82) is 0 Å². The van der Waals surface area contributed by atoms with Gasteiger partial charge in [0.1, 0.15) is 0 Å². The Morgan fingerprint density at radius 3 is 2.79 bits per heavy atom. The molecule has 0 radical (unpaired) electrons. The van der Waals surface area contributed by atoms with Crippen LogP contribution in [0.25, 0.3) is 0 Å². The Bertz CT molecular complexity index is 817. The fourth-order valence-electron chi connectivity index (χ4n) is 9.03. The van der Waals surface area contributed by atoms with E-state index in [4.69, 9.17) is 15.6 Å². The molecule has 0 spiro atoms. The Kier molecular flexibility index (Phi) is 6.75. The van der Waals surface area contributed by atoms with Crippen LogP contribution in [0.1, 0.15) is 85.0 Å². The lowest BCUT2D eigenvalue weighted by molar-refractivity contribution is -0.208. The van der Waals surface area contributed by atoms with Gasteiger partial charge in [-0.25, -0.2) is 10.4 Å². The van der Waals surface area contributed by atoms with E-state index >= 15 is 0 Å². The highest BCUT2D eigenvalue weighted by Gasteiger charge is 2.67. The van der Waals surface area contributed by atoms with Gasteiger partial charge < -0.3 is 20.9 Å². The van der Waals surface area contributed by atoms with Crippen LogP contribution < -0.4 is 16.5 Å². The fraction of sp³-hybridized carbons (Fsp3) is 0.926. The molecule has 4 saturated carbocycles.